The number of hydrogen-bond acceptors (Lipinski definition) is 5. The maximum atomic E-state index is 8.95. The Morgan fingerprint density at radius 3 is 2.92 bits per heavy atom. The first-order chi connectivity index (χ1) is 6.33. The molecule has 0 amide bonds. The second-order valence-corrected chi connectivity index (χ2v) is 5.34. The number of aliphatic hydroxyl groups is 1. The summed E-state index contributed by atoms with van der Waals surface area (Å²) < 4.78 is 5.32. The van der Waals surface area contributed by atoms with Crippen LogP contribution < -0.4 is 0 Å². The van der Waals surface area contributed by atoms with E-state index in [1.165, 1.54) is 6.42 Å². The molecule has 1 aliphatic rings. The van der Waals surface area contributed by atoms with Gasteiger partial charge in [-0.05, 0) is 17.9 Å². The molecule has 0 aromatic rings. The number of aliphatic hydroxyl groups excluding tert-OH is 1. The Bertz CT molecular complexity index is 221. The minimum atomic E-state index is -0.339. The first kappa shape index (κ1) is 10.5. The van der Waals surface area contributed by atoms with Crippen molar-refractivity contribution in [1.82, 2.24) is 0 Å². The number of hydrogen-bond donors (Lipinski definition) is 1. The maximum absolute atomic E-state index is 8.95. The third-order valence-corrected chi connectivity index (χ3v) is 4.31. The fourth-order valence-corrected chi connectivity index (χ4v) is 3.49. The van der Waals surface area contributed by atoms with E-state index in [1.54, 1.807) is 0 Å². The topological polar surface area (TPSA) is 57.6 Å². The normalized spacial score (nSPS) is 19.5. The molecule has 0 bridgehead atoms. The van der Waals surface area contributed by atoms with Gasteiger partial charge in [0.15, 0.2) is 4.98 Å². The van der Waals surface area contributed by atoms with Crippen molar-refractivity contribution in [2.45, 2.75) is 11.0 Å². The van der Waals surface area contributed by atoms with Crippen LogP contribution in [0.4, 0.5) is 0 Å². The molecule has 1 fully saturated rings. The van der Waals surface area contributed by atoms with Crippen molar-refractivity contribution in [3.05, 3.63) is 17.1 Å². The van der Waals surface area contributed by atoms with E-state index in [0.717, 1.165) is 17.7 Å². The van der Waals surface area contributed by atoms with Gasteiger partial charge >= 0.3 is 12.1 Å². The van der Waals surface area contributed by atoms with Crippen LogP contribution in [0.25, 0.3) is 4.98 Å². The monoisotopic (exact) mass is 219 g/mol. The largest absolute Gasteiger partial charge is 0.476 e. The standard InChI is InChI=1S/C7H10N2O2S2/c8-9-4-6(10)11-5-7-12-2-1-3-13-7/h4,7H,1-3,5H2/p+1/b6-4+. The lowest BCUT2D eigenvalue weighted by Gasteiger charge is -2.19. The molecule has 0 unspecified atom stereocenters. The van der Waals surface area contributed by atoms with Crippen LogP contribution in [0.15, 0.2) is 12.1 Å². The van der Waals surface area contributed by atoms with Gasteiger partial charge in [0.05, 0.1) is 4.58 Å². The van der Waals surface area contributed by atoms with Crippen molar-refractivity contribution in [3.8, 4) is 0 Å². The highest BCUT2D eigenvalue weighted by atomic mass is 32.2. The molecule has 1 saturated heterocycles. The molecule has 1 rings (SSSR count). The highest BCUT2D eigenvalue weighted by Crippen LogP contribution is 2.30. The molecule has 6 heteroatoms. The highest BCUT2D eigenvalue weighted by Gasteiger charge is 2.15. The van der Waals surface area contributed by atoms with Crippen molar-refractivity contribution < 1.29 is 9.84 Å². The predicted molar refractivity (Wildman–Crippen MR) is 55.1 cm³/mol. The summed E-state index contributed by atoms with van der Waals surface area (Å²) in [6, 6.07) is 0. The van der Waals surface area contributed by atoms with Gasteiger partial charge in [-0.2, -0.15) is 0 Å². The second kappa shape index (κ2) is 6.00. The first-order valence-electron chi connectivity index (χ1n) is 3.92. The van der Waals surface area contributed by atoms with E-state index >= 15 is 0 Å². The average molecular weight is 219 g/mol. The van der Waals surface area contributed by atoms with Crippen LogP contribution in [0, 0.1) is 5.39 Å². The van der Waals surface area contributed by atoms with Crippen LogP contribution in [-0.2, 0) is 4.74 Å². The summed E-state index contributed by atoms with van der Waals surface area (Å²) in [7, 11) is 0. The molecule has 0 aliphatic carbocycles. The van der Waals surface area contributed by atoms with Gasteiger partial charge in [0.2, 0.25) is 5.39 Å². The molecule has 0 radical (unpaired) electrons. The molecule has 4 nitrogen and oxygen atoms in total. The second-order valence-electron chi connectivity index (χ2n) is 2.42. The van der Waals surface area contributed by atoms with E-state index in [4.69, 9.17) is 15.2 Å². The van der Waals surface area contributed by atoms with Crippen molar-refractivity contribution >= 4 is 23.5 Å². The molecule has 0 atom stereocenters. The van der Waals surface area contributed by atoms with Crippen LogP contribution in [0.2, 0.25) is 0 Å². The van der Waals surface area contributed by atoms with Gasteiger partial charge in [-0.3, -0.25) is 0 Å². The summed E-state index contributed by atoms with van der Waals surface area (Å²) in [5, 5.41) is 17.0. The lowest BCUT2D eigenvalue weighted by atomic mass is 10.6. The fraction of sp³-hybridized carbons (Fsp3) is 0.714. The lowest BCUT2D eigenvalue weighted by molar-refractivity contribution is 0.101. The third kappa shape index (κ3) is 4.29. The van der Waals surface area contributed by atoms with Crippen molar-refractivity contribution in [1.29, 1.82) is 5.39 Å². The Hall–Kier alpha value is -0.540. The molecule has 0 aromatic carbocycles. The van der Waals surface area contributed by atoms with E-state index in [1.807, 2.05) is 23.5 Å². The van der Waals surface area contributed by atoms with Gasteiger partial charge in [0.1, 0.15) is 6.61 Å². The summed E-state index contributed by atoms with van der Waals surface area (Å²) in [4.78, 5) is 2.65. The summed E-state index contributed by atoms with van der Waals surface area (Å²) >= 11 is 3.66. The van der Waals surface area contributed by atoms with Crippen molar-refractivity contribution in [3.63, 3.8) is 0 Å². The van der Waals surface area contributed by atoms with E-state index in [0.29, 0.717) is 11.2 Å². The maximum Gasteiger partial charge on any atom is 0.429 e. The Kier molecular flexibility index (Phi) is 4.86. The minimum Gasteiger partial charge on any atom is -0.476 e. The van der Waals surface area contributed by atoms with Gasteiger partial charge in [0.25, 0.3) is 0 Å². The average Bonchev–Trinajstić information content (AvgIpc) is 2.17. The van der Waals surface area contributed by atoms with Crippen LogP contribution in [0.3, 0.4) is 0 Å². The molecule has 1 aliphatic heterocycles. The molecule has 1 heterocycles. The quantitative estimate of drug-likeness (QED) is 0.583. The zero-order valence-corrected chi connectivity index (χ0v) is 8.68. The van der Waals surface area contributed by atoms with Gasteiger partial charge in [0, 0.05) is 0 Å². The number of rotatable bonds is 3. The third-order valence-electron chi connectivity index (χ3n) is 1.43. The van der Waals surface area contributed by atoms with Gasteiger partial charge < -0.3 is 9.84 Å². The van der Waals surface area contributed by atoms with Gasteiger partial charge in [-0.15, -0.1) is 23.5 Å². The Balaban J connectivity index is 2.18. The van der Waals surface area contributed by atoms with E-state index in [-0.39, 0.29) is 5.95 Å². The Morgan fingerprint density at radius 1 is 1.62 bits per heavy atom. The van der Waals surface area contributed by atoms with E-state index < -0.39 is 0 Å². The number of nitrogens with zero attached hydrogens (tertiary/aromatic N) is 2. The van der Waals surface area contributed by atoms with Crippen LogP contribution >= 0.6 is 23.5 Å². The predicted octanol–water partition coefficient (Wildman–Crippen LogP) is 2.41. The Morgan fingerprint density at radius 2 is 2.31 bits per heavy atom. The molecular weight excluding hydrogens is 208 g/mol. The minimum absolute atomic E-state index is 0.339. The molecule has 0 saturated carbocycles. The van der Waals surface area contributed by atoms with Crippen LogP contribution in [0.1, 0.15) is 6.42 Å². The van der Waals surface area contributed by atoms with Gasteiger partial charge in [-0.1, -0.05) is 0 Å². The molecule has 0 aromatic heterocycles. The Labute approximate surface area is 85.3 Å². The summed E-state index contributed by atoms with van der Waals surface area (Å²) in [5.41, 5.74) is 0. The highest BCUT2D eigenvalue weighted by molar-refractivity contribution is 8.17. The summed E-state index contributed by atoms with van der Waals surface area (Å²) in [6.07, 6.45) is 2.11. The van der Waals surface area contributed by atoms with E-state index in [2.05, 4.69) is 4.98 Å². The first-order valence-corrected chi connectivity index (χ1v) is 6.02. The zero-order valence-electron chi connectivity index (χ0n) is 7.05. The molecule has 0 spiro atoms. The number of diazo groups is 1. The fourth-order valence-electron chi connectivity index (χ4n) is 0.873. The van der Waals surface area contributed by atoms with Crippen molar-refractivity contribution in [2.24, 2.45) is 0 Å². The van der Waals surface area contributed by atoms with E-state index in [9.17, 15) is 0 Å². The summed E-state index contributed by atoms with van der Waals surface area (Å²) in [6.45, 7) is 0.452. The van der Waals surface area contributed by atoms with Crippen molar-refractivity contribution in [2.75, 3.05) is 18.1 Å². The molecule has 1 N–H and O–H groups in total. The molecule has 13 heavy (non-hydrogen) atoms. The number of thioether (sulfide) groups is 2. The van der Waals surface area contributed by atoms with Crippen LogP contribution in [-0.4, -0.2) is 27.8 Å². The molecular formula is C7H11N2O2S2+. The SMILES string of the molecule is N#[N+]/C=C(\O)OCC1SCCCS1. The number of ether oxygens (including phenoxy) is 1. The zero-order chi connectivity index (χ0) is 9.52. The smallest absolute Gasteiger partial charge is 0.429 e. The van der Waals surface area contributed by atoms with Gasteiger partial charge in [-0.25, -0.2) is 0 Å². The molecule has 72 valence electrons. The summed E-state index contributed by atoms with van der Waals surface area (Å²) in [5.74, 6) is 1.96. The van der Waals surface area contributed by atoms with Crippen LogP contribution in [0.5, 0.6) is 0 Å². The lowest BCUT2D eigenvalue weighted by Crippen LogP contribution is -2.13.